The van der Waals surface area contributed by atoms with Crippen molar-refractivity contribution in [1.29, 1.82) is 0 Å². The van der Waals surface area contributed by atoms with Crippen LogP contribution >= 0.6 is 15.9 Å². The molecule has 0 amide bonds. The van der Waals surface area contributed by atoms with Gasteiger partial charge in [0.25, 0.3) is 0 Å². The average Bonchev–Trinajstić information content (AvgIpc) is 2.50. The number of hydrogen-bond donors (Lipinski definition) is 1. The number of hydrogen-bond acceptors (Lipinski definition) is 2. The normalized spacial score (nSPS) is 10.7. The van der Waals surface area contributed by atoms with Crippen LogP contribution in [0.15, 0.2) is 22.8 Å². The van der Waals surface area contributed by atoms with E-state index in [0.29, 0.717) is 10.9 Å². The molecular weight excluding hydrogens is 246 g/mol. The van der Waals surface area contributed by atoms with E-state index in [1.165, 1.54) is 0 Å². The first kappa shape index (κ1) is 9.27. The topological polar surface area (TPSA) is 42.2 Å². The summed E-state index contributed by atoms with van der Waals surface area (Å²) in [4.78, 5) is 10.8. The van der Waals surface area contributed by atoms with Gasteiger partial charge in [0.2, 0.25) is 0 Å². The predicted octanol–water partition coefficient (Wildman–Crippen LogP) is 2.46. The van der Waals surface area contributed by atoms with Crippen molar-refractivity contribution in [2.45, 2.75) is 0 Å². The van der Waals surface area contributed by atoms with Gasteiger partial charge in [0.15, 0.2) is 6.29 Å². The SMILES string of the molecule is Cn1cc(C=O)c2c(O)ccc(Br)c21. The van der Waals surface area contributed by atoms with Crippen molar-refractivity contribution < 1.29 is 9.90 Å². The number of aromatic hydroxyl groups is 1. The lowest BCUT2D eigenvalue weighted by Gasteiger charge is -2.00. The van der Waals surface area contributed by atoms with Crippen molar-refractivity contribution in [3.8, 4) is 5.75 Å². The molecule has 1 N–H and O–H groups in total. The molecule has 0 fully saturated rings. The highest BCUT2D eigenvalue weighted by atomic mass is 79.9. The number of fused-ring (bicyclic) bond motifs is 1. The monoisotopic (exact) mass is 253 g/mol. The third-order valence-corrected chi connectivity index (χ3v) is 2.85. The molecule has 0 unspecified atom stereocenters. The van der Waals surface area contributed by atoms with Gasteiger partial charge in [-0.05, 0) is 28.1 Å². The van der Waals surface area contributed by atoms with Gasteiger partial charge in [0, 0.05) is 23.3 Å². The first-order valence-corrected chi connectivity index (χ1v) is 4.86. The molecule has 14 heavy (non-hydrogen) atoms. The van der Waals surface area contributed by atoms with Gasteiger partial charge in [-0.2, -0.15) is 0 Å². The van der Waals surface area contributed by atoms with E-state index in [2.05, 4.69) is 15.9 Å². The van der Waals surface area contributed by atoms with E-state index in [4.69, 9.17) is 0 Å². The Morgan fingerprint density at radius 2 is 2.21 bits per heavy atom. The van der Waals surface area contributed by atoms with Crippen LogP contribution in [0.4, 0.5) is 0 Å². The van der Waals surface area contributed by atoms with Gasteiger partial charge in [-0.1, -0.05) is 0 Å². The number of nitrogens with zero attached hydrogens (tertiary/aromatic N) is 1. The number of phenols is 1. The fraction of sp³-hybridized carbons (Fsp3) is 0.100. The zero-order valence-corrected chi connectivity index (χ0v) is 9.08. The van der Waals surface area contributed by atoms with Crippen LogP contribution in [0.3, 0.4) is 0 Å². The van der Waals surface area contributed by atoms with E-state index in [0.717, 1.165) is 16.3 Å². The number of aldehydes is 1. The Balaban J connectivity index is 3.02. The minimum absolute atomic E-state index is 0.130. The summed E-state index contributed by atoms with van der Waals surface area (Å²) in [5, 5.41) is 10.2. The molecular formula is C10H8BrNO2. The van der Waals surface area contributed by atoms with Crippen molar-refractivity contribution in [3.05, 3.63) is 28.4 Å². The lowest BCUT2D eigenvalue weighted by atomic mass is 10.2. The number of aryl methyl sites for hydroxylation is 1. The molecule has 0 aliphatic rings. The molecule has 2 aromatic rings. The summed E-state index contributed by atoms with van der Waals surface area (Å²) in [6.45, 7) is 0. The summed E-state index contributed by atoms with van der Waals surface area (Å²) in [5.41, 5.74) is 1.33. The number of halogens is 1. The minimum Gasteiger partial charge on any atom is -0.507 e. The van der Waals surface area contributed by atoms with Crippen LogP contribution in [0.5, 0.6) is 5.75 Å². The zero-order chi connectivity index (χ0) is 10.3. The van der Waals surface area contributed by atoms with Crippen LogP contribution in [0, 0.1) is 0 Å². The van der Waals surface area contributed by atoms with Gasteiger partial charge >= 0.3 is 0 Å². The summed E-state index contributed by atoms with van der Waals surface area (Å²) in [5.74, 6) is 0.130. The van der Waals surface area contributed by atoms with E-state index in [-0.39, 0.29) is 5.75 Å². The maximum absolute atomic E-state index is 10.8. The second kappa shape index (κ2) is 3.13. The molecule has 0 spiro atoms. The first-order valence-electron chi connectivity index (χ1n) is 4.07. The van der Waals surface area contributed by atoms with Crippen molar-refractivity contribution in [2.75, 3.05) is 0 Å². The molecule has 3 nitrogen and oxygen atoms in total. The molecule has 1 aromatic heterocycles. The quantitative estimate of drug-likeness (QED) is 0.794. The van der Waals surface area contributed by atoms with Gasteiger partial charge in [-0.15, -0.1) is 0 Å². The Labute approximate surface area is 89.1 Å². The first-order chi connectivity index (χ1) is 6.65. The van der Waals surface area contributed by atoms with Crippen molar-refractivity contribution >= 4 is 33.1 Å². The fourth-order valence-electron chi connectivity index (χ4n) is 1.61. The Bertz CT molecular complexity index is 516. The number of phenolic OH excluding ortho intramolecular Hbond substituents is 1. The van der Waals surface area contributed by atoms with Crippen LogP contribution < -0.4 is 0 Å². The molecule has 72 valence electrons. The second-order valence-electron chi connectivity index (χ2n) is 3.10. The number of rotatable bonds is 1. The largest absolute Gasteiger partial charge is 0.507 e. The summed E-state index contributed by atoms with van der Waals surface area (Å²) in [7, 11) is 1.83. The molecule has 0 bridgehead atoms. The van der Waals surface area contributed by atoms with Gasteiger partial charge in [0.05, 0.1) is 10.9 Å². The van der Waals surface area contributed by atoms with E-state index in [9.17, 15) is 9.90 Å². The van der Waals surface area contributed by atoms with Crippen molar-refractivity contribution in [1.82, 2.24) is 4.57 Å². The highest BCUT2D eigenvalue weighted by Crippen LogP contribution is 2.33. The summed E-state index contributed by atoms with van der Waals surface area (Å²) in [6, 6.07) is 3.33. The van der Waals surface area contributed by atoms with E-state index >= 15 is 0 Å². The van der Waals surface area contributed by atoms with Gasteiger partial charge in [0.1, 0.15) is 5.75 Å². The maximum atomic E-state index is 10.8. The van der Waals surface area contributed by atoms with E-state index < -0.39 is 0 Å². The van der Waals surface area contributed by atoms with Gasteiger partial charge in [-0.3, -0.25) is 4.79 Å². The van der Waals surface area contributed by atoms with Crippen LogP contribution in [0.1, 0.15) is 10.4 Å². The van der Waals surface area contributed by atoms with Crippen LogP contribution in [-0.4, -0.2) is 16.0 Å². The molecule has 1 heterocycles. The van der Waals surface area contributed by atoms with E-state index in [1.807, 2.05) is 11.6 Å². The summed E-state index contributed by atoms with van der Waals surface area (Å²) >= 11 is 3.38. The highest BCUT2D eigenvalue weighted by Gasteiger charge is 2.12. The van der Waals surface area contributed by atoms with E-state index in [1.54, 1.807) is 18.3 Å². The predicted molar refractivity (Wildman–Crippen MR) is 57.7 cm³/mol. The molecule has 0 aliphatic carbocycles. The molecule has 1 aromatic carbocycles. The molecule has 0 saturated carbocycles. The second-order valence-corrected chi connectivity index (χ2v) is 3.96. The molecule has 0 radical (unpaired) electrons. The Kier molecular flexibility index (Phi) is 2.07. The minimum atomic E-state index is 0.130. The number of aromatic nitrogens is 1. The van der Waals surface area contributed by atoms with Crippen LogP contribution in [0.25, 0.3) is 10.9 Å². The third kappa shape index (κ3) is 1.14. The molecule has 4 heteroatoms. The Morgan fingerprint density at radius 1 is 1.50 bits per heavy atom. The lowest BCUT2D eigenvalue weighted by molar-refractivity contribution is 0.112. The smallest absolute Gasteiger partial charge is 0.152 e. The van der Waals surface area contributed by atoms with Crippen molar-refractivity contribution in [2.24, 2.45) is 7.05 Å². The third-order valence-electron chi connectivity index (χ3n) is 2.21. The number of carbonyl (C=O) groups excluding carboxylic acids is 1. The summed E-state index contributed by atoms with van der Waals surface area (Å²) < 4.78 is 2.67. The van der Waals surface area contributed by atoms with Crippen LogP contribution in [-0.2, 0) is 7.05 Å². The lowest BCUT2D eigenvalue weighted by Crippen LogP contribution is -1.84. The number of carbonyl (C=O) groups is 1. The molecule has 0 atom stereocenters. The Hall–Kier alpha value is -1.29. The fourth-order valence-corrected chi connectivity index (χ4v) is 2.22. The van der Waals surface area contributed by atoms with Gasteiger partial charge in [-0.25, -0.2) is 0 Å². The number of benzene rings is 1. The zero-order valence-electron chi connectivity index (χ0n) is 7.49. The van der Waals surface area contributed by atoms with Crippen LogP contribution in [0.2, 0.25) is 0 Å². The molecule has 0 aliphatic heterocycles. The average molecular weight is 254 g/mol. The maximum Gasteiger partial charge on any atom is 0.152 e. The standard InChI is InChI=1S/C10H8BrNO2/c1-12-4-6(5-13)9-8(14)3-2-7(11)10(9)12/h2-5,14H,1H3. The molecule has 0 saturated heterocycles. The summed E-state index contributed by atoms with van der Waals surface area (Å²) in [6.07, 6.45) is 2.44. The van der Waals surface area contributed by atoms with Crippen molar-refractivity contribution in [3.63, 3.8) is 0 Å². The Morgan fingerprint density at radius 3 is 2.86 bits per heavy atom. The molecule has 2 rings (SSSR count). The highest BCUT2D eigenvalue weighted by molar-refractivity contribution is 9.10. The van der Waals surface area contributed by atoms with Gasteiger partial charge < -0.3 is 9.67 Å².